The monoisotopic (exact) mass is 215 g/mol. The van der Waals surface area contributed by atoms with Crippen LogP contribution in [-0.2, 0) is 0 Å². The number of fused-ring (bicyclic) bond motifs is 1. The minimum Gasteiger partial charge on any atom is -0.477 e. The van der Waals surface area contributed by atoms with E-state index in [1.54, 1.807) is 0 Å². The van der Waals surface area contributed by atoms with Gasteiger partial charge in [0.2, 0.25) is 5.88 Å². The van der Waals surface area contributed by atoms with Gasteiger partial charge in [0.25, 0.3) is 0 Å². The molecule has 0 atom stereocenters. The molecule has 0 aliphatic carbocycles. The highest BCUT2D eigenvalue weighted by Gasteiger charge is 2.11. The zero-order chi connectivity index (χ0) is 11.6. The molecule has 0 amide bonds. The number of benzene rings is 1. The number of pyridine rings is 1. The molecule has 0 saturated heterocycles. The van der Waals surface area contributed by atoms with E-state index in [0.717, 1.165) is 5.39 Å². The molecule has 0 aliphatic rings. The van der Waals surface area contributed by atoms with Gasteiger partial charge in [-0.25, -0.2) is 4.98 Å². The zero-order valence-electron chi connectivity index (χ0n) is 10.0. The number of nitrogens with zero attached hydrogens (tertiary/aromatic N) is 1. The molecule has 0 spiro atoms. The lowest BCUT2D eigenvalue weighted by Gasteiger charge is -2.18. The summed E-state index contributed by atoms with van der Waals surface area (Å²) >= 11 is 0. The average molecular weight is 215 g/mol. The van der Waals surface area contributed by atoms with Gasteiger partial charge in [-0.1, -0.05) is 45.0 Å². The summed E-state index contributed by atoms with van der Waals surface area (Å²) in [6.45, 7) is 7.12. The molecule has 2 aromatic rings. The Morgan fingerprint density at radius 2 is 1.81 bits per heavy atom. The smallest absolute Gasteiger partial charge is 0.213 e. The summed E-state index contributed by atoms with van der Waals surface area (Å²) in [5.74, 6) is 0.702. The predicted octanol–water partition coefficient (Wildman–Crippen LogP) is 3.66. The van der Waals surface area contributed by atoms with Crippen LogP contribution in [0.2, 0.25) is 0 Å². The van der Waals surface area contributed by atoms with Crippen molar-refractivity contribution in [2.24, 2.45) is 5.41 Å². The molecule has 2 heteroatoms. The van der Waals surface area contributed by atoms with Gasteiger partial charge >= 0.3 is 0 Å². The van der Waals surface area contributed by atoms with E-state index in [-0.39, 0.29) is 5.41 Å². The van der Waals surface area contributed by atoms with Crippen LogP contribution in [0.15, 0.2) is 36.5 Å². The molecule has 2 rings (SSSR count). The molecule has 0 N–H and O–H groups in total. The quantitative estimate of drug-likeness (QED) is 0.762. The molecule has 16 heavy (non-hydrogen) atoms. The normalized spacial score (nSPS) is 11.7. The third-order valence-electron chi connectivity index (χ3n) is 2.26. The van der Waals surface area contributed by atoms with Crippen LogP contribution >= 0.6 is 0 Å². The molecule has 84 valence electrons. The van der Waals surface area contributed by atoms with Gasteiger partial charge in [0.05, 0.1) is 6.61 Å². The fourth-order valence-electron chi connectivity index (χ4n) is 1.43. The molecule has 0 radical (unpaired) electrons. The Morgan fingerprint density at radius 1 is 1.12 bits per heavy atom. The molecule has 2 nitrogen and oxygen atoms in total. The average Bonchev–Trinajstić information content (AvgIpc) is 2.25. The van der Waals surface area contributed by atoms with Gasteiger partial charge in [0, 0.05) is 17.6 Å². The molecule has 0 aliphatic heterocycles. The fraction of sp³-hybridized carbons (Fsp3) is 0.357. The van der Waals surface area contributed by atoms with Crippen LogP contribution in [-0.4, -0.2) is 11.6 Å². The second-order valence-corrected chi connectivity index (χ2v) is 5.22. The van der Waals surface area contributed by atoms with Gasteiger partial charge in [-0.15, -0.1) is 0 Å². The number of rotatable bonds is 2. The van der Waals surface area contributed by atoms with Crippen molar-refractivity contribution in [1.82, 2.24) is 4.98 Å². The molecule has 0 bridgehead atoms. The molecular weight excluding hydrogens is 198 g/mol. The molecular formula is C14H17NO. The van der Waals surface area contributed by atoms with Crippen molar-refractivity contribution in [1.29, 1.82) is 0 Å². The lowest BCUT2D eigenvalue weighted by Crippen LogP contribution is -2.17. The van der Waals surface area contributed by atoms with Crippen molar-refractivity contribution in [2.75, 3.05) is 6.61 Å². The first kappa shape index (κ1) is 10.9. The minimum atomic E-state index is 0.160. The Hall–Kier alpha value is -1.57. The van der Waals surface area contributed by atoms with E-state index >= 15 is 0 Å². The van der Waals surface area contributed by atoms with Crippen molar-refractivity contribution < 1.29 is 4.74 Å². The summed E-state index contributed by atoms with van der Waals surface area (Å²) in [6, 6.07) is 10.1. The summed E-state index contributed by atoms with van der Waals surface area (Å²) in [6.07, 6.45) is 1.85. The van der Waals surface area contributed by atoms with Crippen molar-refractivity contribution in [2.45, 2.75) is 20.8 Å². The number of ether oxygens (including phenoxy) is 1. The largest absolute Gasteiger partial charge is 0.477 e. The van der Waals surface area contributed by atoms with E-state index in [1.165, 1.54) is 5.39 Å². The van der Waals surface area contributed by atoms with Crippen molar-refractivity contribution in [3.8, 4) is 5.88 Å². The molecule has 0 fully saturated rings. The van der Waals surface area contributed by atoms with Crippen LogP contribution in [0, 0.1) is 5.41 Å². The Balaban J connectivity index is 2.20. The van der Waals surface area contributed by atoms with Gasteiger partial charge in [-0.05, 0) is 10.8 Å². The third-order valence-corrected chi connectivity index (χ3v) is 2.26. The Kier molecular flexibility index (Phi) is 2.82. The van der Waals surface area contributed by atoms with Crippen molar-refractivity contribution in [3.63, 3.8) is 0 Å². The van der Waals surface area contributed by atoms with E-state index in [0.29, 0.717) is 12.5 Å². The highest BCUT2D eigenvalue weighted by molar-refractivity contribution is 5.82. The van der Waals surface area contributed by atoms with Crippen LogP contribution in [0.25, 0.3) is 10.8 Å². The molecule has 0 saturated carbocycles. The maximum Gasteiger partial charge on any atom is 0.213 e. The van der Waals surface area contributed by atoms with Crippen molar-refractivity contribution >= 4 is 10.8 Å². The first-order valence-electron chi connectivity index (χ1n) is 5.52. The Labute approximate surface area is 96.3 Å². The molecule has 1 heterocycles. The van der Waals surface area contributed by atoms with E-state index in [1.807, 2.05) is 24.4 Å². The molecule has 1 aromatic carbocycles. The van der Waals surface area contributed by atoms with Crippen LogP contribution in [0.4, 0.5) is 0 Å². The third kappa shape index (κ3) is 2.72. The highest BCUT2D eigenvalue weighted by atomic mass is 16.5. The lowest BCUT2D eigenvalue weighted by atomic mass is 9.99. The Morgan fingerprint density at radius 3 is 2.50 bits per heavy atom. The predicted molar refractivity (Wildman–Crippen MR) is 66.7 cm³/mol. The summed E-state index contributed by atoms with van der Waals surface area (Å²) < 4.78 is 5.67. The second kappa shape index (κ2) is 4.12. The minimum absolute atomic E-state index is 0.160. The zero-order valence-corrected chi connectivity index (χ0v) is 10.0. The van der Waals surface area contributed by atoms with Crippen LogP contribution in [0.5, 0.6) is 5.88 Å². The Bertz CT molecular complexity index is 485. The maximum absolute atomic E-state index is 5.67. The van der Waals surface area contributed by atoms with Gasteiger partial charge in [0.15, 0.2) is 0 Å². The first-order valence-corrected chi connectivity index (χ1v) is 5.52. The van der Waals surface area contributed by atoms with E-state index in [4.69, 9.17) is 4.74 Å². The van der Waals surface area contributed by atoms with Gasteiger partial charge in [-0.3, -0.25) is 0 Å². The molecule has 1 aromatic heterocycles. The topological polar surface area (TPSA) is 22.1 Å². The summed E-state index contributed by atoms with van der Waals surface area (Å²) in [5.41, 5.74) is 0.160. The molecule has 0 unspecified atom stereocenters. The fourth-order valence-corrected chi connectivity index (χ4v) is 1.43. The lowest BCUT2D eigenvalue weighted by molar-refractivity contribution is 0.192. The van der Waals surface area contributed by atoms with Crippen LogP contribution in [0.1, 0.15) is 20.8 Å². The highest BCUT2D eigenvalue weighted by Crippen LogP contribution is 2.20. The van der Waals surface area contributed by atoms with E-state index < -0.39 is 0 Å². The van der Waals surface area contributed by atoms with Gasteiger partial charge < -0.3 is 4.74 Å². The summed E-state index contributed by atoms with van der Waals surface area (Å²) in [5, 5.41) is 2.31. The standard InChI is InChI=1S/C14H17NO/c1-14(2,3)10-16-13-8-11-6-4-5-7-12(11)9-15-13/h4-9H,10H2,1-3H3. The van der Waals surface area contributed by atoms with E-state index in [9.17, 15) is 0 Å². The van der Waals surface area contributed by atoms with Gasteiger partial charge in [0.1, 0.15) is 0 Å². The SMILES string of the molecule is CC(C)(C)COc1cc2ccccc2cn1. The maximum atomic E-state index is 5.67. The number of aromatic nitrogens is 1. The van der Waals surface area contributed by atoms with Crippen molar-refractivity contribution in [3.05, 3.63) is 36.5 Å². The summed E-state index contributed by atoms with van der Waals surface area (Å²) in [7, 11) is 0. The number of hydrogen-bond donors (Lipinski definition) is 0. The number of hydrogen-bond acceptors (Lipinski definition) is 2. The summed E-state index contributed by atoms with van der Waals surface area (Å²) in [4.78, 5) is 4.29. The van der Waals surface area contributed by atoms with Gasteiger partial charge in [-0.2, -0.15) is 0 Å². The van der Waals surface area contributed by atoms with Crippen LogP contribution < -0.4 is 4.74 Å². The first-order chi connectivity index (χ1) is 7.54. The van der Waals surface area contributed by atoms with Crippen LogP contribution in [0.3, 0.4) is 0 Å². The van der Waals surface area contributed by atoms with E-state index in [2.05, 4.69) is 37.9 Å². The second-order valence-electron chi connectivity index (χ2n) is 5.22.